The van der Waals surface area contributed by atoms with Gasteiger partial charge in [-0.25, -0.2) is 4.39 Å². The second kappa shape index (κ2) is 7.89. The fourth-order valence-electron chi connectivity index (χ4n) is 1.76. The quantitative estimate of drug-likeness (QED) is 0.597. The van der Waals surface area contributed by atoms with Crippen molar-refractivity contribution in [1.29, 1.82) is 0 Å². The number of benzene rings is 1. The van der Waals surface area contributed by atoms with Crippen LogP contribution in [0.4, 0.5) is 10.1 Å². The fourth-order valence-corrected chi connectivity index (χ4v) is 1.76. The van der Waals surface area contributed by atoms with Crippen LogP contribution in [0, 0.1) is 11.2 Å². The van der Waals surface area contributed by atoms with Crippen molar-refractivity contribution in [1.82, 2.24) is 10.2 Å². The van der Waals surface area contributed by atoms with Crippen LogP contribution in [0.15, 0.2) is 24.3 Å². The molecule has 0 saturated carbocycles. The van der Waals surface area contributed by atoms with Crippen LogP contribution in [0.2, 0.25) is 0 Å². The number of nitrogens with one attached hydrogen (secondary N) is 2. The molecule has 0 radical (unpaired) electrons. The third kappa shape index (κ3) is 5.11. The summed E-state index contributed by atoms with van der Waals surface area (Å²) < 4.78 is 13.5. The van der Waals surface area contributed by atoms with Gasteiger partial charge in [0.15, 0.2) is 0 Å². The average Bonchev–Trinajstić information content (AvgIpc) is 2.45. The molecule has 1 aromatic carbocycles. The molecule has 0 bridgehead atoms. The van der Waals surface area contributed by atoms with Crippen LogP contribution >= 0.6 is 0 Å². The smallest absolute Gasteiger partial charge is 0.239 e. The normalized spacial score (nSPS) is 11.4. The van der Waals surface area contributed by atoms with Gasteiger partial charge in [0, 0.05) is 6.54 Å². The molecule has 0 aliphatic heterocycles. The first-order valence-electron chi connectivity index (χ1n) is 7.24. The molecular weight excluding hydrogens is 285 g/mol. The Kier molecular flexibility index (Phi) is 6.49. The van der Waals surface area contributed by atoms with Crippen molar-refractivity contribution >= 4 is 17.5 Å². The van der Waals surface area contributed by atoms with Gasteiger partial charge in [-0.1, -0.05) is 12.1 Å². The zero-order valence-electron chi connectivity index (χ0n) is 13.6. The summed E-state index contributed by atoms with van der Waals surface area (Å²) in [4.78, 5) is 26.4. The monoisotopic (exact) mass is 309 g/mol. The van der Waals surface area contributed by atoms with Gasteiger partial charge in [0.2, 0.25) is 11.8 Å². The molecule has 2 N–H and O–H groups in total. The summed E-state index contributed by atoms with van der Waals surface area (Å²) in [5.74, 6) is -1.44. The molecule has 0 unspecified atom stereocenters. The Morgan fingerprint density at radius 1 is 1.18 bits per heavy atom. The predicted molar refractivity (Wildman–Crippen MR) is 85.0 cm³/mol. The number of halogens is 1. The predicted octanol–water partition coefficient (Wildman–Crippen LogP) is 1.86. The standard InChI is InChI=1S/C16H24FN3O2/c1-16(2,14(21)18-10-7-11-20(3)4)15(22)19-13-9-6-5-8-12(13)17/h5-6,8-9H,7,10-11H2,1-4H3,(H,18,21)(H,19,22). The molecule has 1 aromatic rings. The van der Waals surface area contributed by atoms with E-state index in [9.17, 15) is 14.0 Å². The Bertz CT molecular complexity index is 530. The van der Waals surface area contributed by atoms with Crippen LogP contribution in [0.3, 0.4) is 0 Å². The highest BCUT2D eigenvalue weighted by Crippen LogP contribution is 2.20. The lowest BCUT2D eigenvalue weighted by molar-refractivity contribution is -0.138. The van der Waals surface area contributed by atoms with Gasteiger partial charge in [0.1, 0.15) is 11.2 Å². The molecule has 0 aliphatic carbocycles. The fraction of sp³-hybridized carbons (Fsp3) is 0.500. The van der Waals surface area contributed by atoms with Crippen LogP contribution in [0.25, 0.3) is 0 Å². The number of hydrogen-bond donors (Lipinski definition) is 2. The van der Waals surface area contributed by atoms with Crippen LogP contribution in [-0.2, 0) is 9.59 Å². The first kappa shape index (κ1) is 18.1. The van der Waals surface area contributed by atoms with Crippen molar-refractivity contribution in [2.24, 2.45) is 5.41 Å². The summed E-state index contributed by atoms with van der Waals surface area (Å²) in [6, 6.07) is 5.86. The summed E-state index contributed by atoms with van der Waals surface area (Å²) in [6.45, 7) is 4.38. The van der Waals surface area contributed by atoms with Crippen molar-refractivity contribution in [2.45, 2.75) is 20.3 Å². The number of carbonyl (C=O) groups is 2. The van der Waals surface area contributed by atoms with Crippen molar-refractivity contribution in [3.8, 4) is 0 Å². The average molecular weight is 309 g/mol. The SMILES string of the molecule is CN(C)CCCNC(=O)C(C)(C)C(=O)Nc1ccccc1F. The molecular formula is C16H24FN3O2. The summed E-state index contributed by atoms with van der Waals surface area (Å²) in [5, 5.41) is 5.20. The van der Waals surface area contributed by atoms with Gasteiger partial charge in [-0.05, 0) is 53.0 Å². The lowest BCUT2D eigenvalue weighted by Crippen LogP contribution is -2.45. The zero-order valence-corrected chi connectivity index (χ0v) is 13.6. The molecule has 2 amide bonds. The second-order valence-electron chi connectivity index (χ2n) is 5.97. The van der Waals surface area contributed by atoms with Crippen LogP contribution in [0.1, 0.15) is 20.3 Å². The molecule has 122 valence electrons. The minimum atomic E-state index is -1.28. The summed E-state index contributed by atoms with van der Waals surface area (Å²) >= 11 is 0. The van der Waals surface area contributed by atoms with E-state index in [4.69, 9.17) is 0 Å². The number of para-hydroxylation sites is 1. The van der Waals surface area contributed by atoms with Crippen molar-refractivity contribution in [3.63, 3.8) is 0 Å². The van der Waals surface area contributed by atoms with Crippen LogP contribution in [-0.4, -0.2) is 43.9 Å². The largest absolute Gasteiger partial charge is 0.355 e. The van der Waals surface area contributed by atoms with Crippen molar-refractivity contribution < 1.29 is 14.0 Å². The Hall–Kier alpha value is -1.95. The molecule has 5 nitrogen and oxygen atoms in total. The van der Waals surface area contributed by atoms with Crippen molar-refractivity contribution in [2.75, 3.05) is 32.5 Å². The van der Waals surface area contributed by atoms with E-state index in [1.54, 1.807) is 6.07 Å². The van der Waals surface area contributed by atoms with Gasteiger partial charge in [0.25, 0.3) is 0 Å². The van der Waals surface area contributed by atoms with Gasteiger partial charge in [0.05, 0.1) is 5.69 Å². The molecule has 22 heavy (non-hydrogen) atoms. The van der Waals surface area contributed by atoms with E-state index in [0.29, 0.717) is 6.54 Å². The summed E-state index contributed by atoms with van der Waals surface area (Å²) in [6.07, 6.45) is 0.795. The van der Waals surface area contributed by atoms with E-state index < -0.39 is 17.1 Å². The Morgan fingerprint density at radius 3 is 2.41 bits per heavy atom. The van der Waals surface area contributed by atoms with Gasteiger partial charge in [-0.3, -0.25) is 9.59 Å². The number of rotatable bonds is 7. The lowest BCUT2D eigenvalue weighted by atomic mass is 9.91. The number of carbonyl (C=O) groups excluding carboxylic acids is 2. The number of hydrogen-bond acceptors (Lipinski definition) is 3. The molecule has 0 heterocycles. The summed E-state index contributed by atoms with van der Waals surface area (Å²) in [5.41, 5.74) is -1.21. The highest BCUT2D eigenvalue weighted by atomic mass is 19.1. The molecule has 1 rings (SSSR count). The molecule has 0 aliphatic rings. The van der Waals surface area contributed by atoms with Crippen LogP contribution in [0.5, 0.6) is 0 Å². The zero-order chi connectivity index (χ0) is 16.8. The van der Waals surface area contributed by atoms with E-state index >= 15 is 0 Å². The minimum absolute atomic E-state index is 0.0704. The maximum Gasteiger partial charge on any atom is 0.239 e. The first-order chi connectivity index (χ1) is 10.2. The molecule has 0 aromatic heterocycles. The number of anilines is 1. The number of nitrogens with zero attached hydrogens (tertiary/aromatic N) is 1. The van der Waals surface area contributed by atoms with E-state index in [1.165, 1.54) is 32.0 Å². The molecule has 0 fully saturated rings. The molecule has 6 heteroatoms. The summed E-state index contributed by atoms with van der Waals surface area (Å²) in [7, 11) is 3.90. The van der Waals surface area contributed by atoms with E-state index in [2.05, 4.69) is 10.6 Å². The van der Waals surface area contributed by atoms with E-state index in [0.717, 1.165) is 13.0 Å². The van der Waals surface area contributed by atoms with E-state index in [-0.39, 0.29) is 11.6 Å². The van der Waals surface area contributed by atoms with Crippen molar-refractivity contribution in [3.05, 3.63) is 30.1 Å². The third-order valence-electron chi connectivity index (χ3n) is 3.33. The highest BCUT2D eigenvalue weighted by molar-refractivity contribution is 6.09. The molecule has 0 spiro atoms. The Morgan fingerprint density at radius 2 is 1.82 bits per heavy atom. The van der Waals surface area contributed by atoms with Gasteiger partial charge >= 0.3 is 0 Å². The van der Waals surface area contributed by atoms with Gasteiger partial charge < -0.3 is 15.5 Å². The molecule has 0 saturated heterocycles. The van der Waals surface area contributed by atoms with Gasteiger partial charge in [-0.15, -0.1) is 0 Å². The van der Waals surface area contributed by atoms with E-state index in [1.807, 2.05) is 19.0 Å². The third-order valence-corrected chi connectivity index (χ3v) is 3.33. The first-order valence-corrected chi connectivity index (χ1v) is 7.24. The number of amides is 2. The van der Waals surface area contributed by atoms with Crippen LogP contribution < -0.4 is 10.6 Å². The minimum Gasteiger partial charge on any atom is -0.355 e. The maximum atomic E-state index is 13.5. The maximum absolute atomic E-state index is 13.5. The topological polar surface area (TPSA) is 61.4 Å². The lowest BCUT2D eigenvalue weighted by Gasteiger charge is -2.23. The molecule has 0 atom stereocenters. The van der Waals surface area contributed by atoms with Gasteiger partial charge in [-0.2, -0.15) is 0 Å². The Balaban J connectivity index is 2.58. The highest BCUT2D eigenvalue weighted by Gasteiger charge is 2.36. The second-order valence-corrected chi connectivity index (χ2v) is 5.97. The Labute approximate surface area is 130 Å².